The van der Waals surface area contributed by atoms with Gasteiger partial charge in [0.15, 0.2) is 6.29 Å². The monoisotopic (exact) mass is 196 g/mol. The second-order valence-electron chi connectivity index (χ2n) is 2.99. The molecule has 0 aliphatic carbocycles. The molecule has 3 nitrogen and oxygen atoms in total. The highest BCUT2D eigenvalue weighted by atomic mass is 16.7. The number of methoxy groups -OCH3 is 1. The summed E-state index contributed by atoms with van der Waals surface area (Å²) in [5.74, 6) is 0.277. The van der Waals surface area contributed by atoms with Crippen LogP contribution in [0.2, 0.25) is 0 Å². The molecule has 0 saturated heterocycles. The van der Waals surface area contributed by atoms with Crippen LogP contribution in [0.3, 0.4) is 0 Å². The van der Waals surface area contributed by atoms with E-state index in [9.17, 15) is 0 Å². The van der Waals surface area contributed by atoms with Gasteiger partial charge in [0.2, 0.25) is 0 Å². The smallest absolute Gasteiger partial charge is 0.161 e. The molecule has 1 rings (SSSR count). The van der Waals surface area contributed by atoms with Crippen molar-refractivity contribution in [2.24, 2.45) is 0 Å². The molecule has 0 radical (unpaired) electrons. The first-order valence-corrected chi connectivity index (χ1v) is 4.68. The predicted octanol–water partition coefficient (Wildman–Crippen LogP) is 1.94. The van der Waals surface area contributed by atoms with Crippen LogP contribution >= 0.6 is 0 Å². The van der Waals surface area contributed by atoms with E-state index in [1.165, 1.54) is 0 Å². The Labute approximate surface area is 84.3 Å². The van der Waals surface area contributed by atoms with Crippen LogP contribution in [0, 0.1) is 0 Å². The molecular formula is C11H16O3. The molecule has 0 heterocycles. The molecule has 0 saturated carbocycles. The first-order valence-electron chi connectivity index (χ1n) is 4.68. The first-order chi connectivity index (χ1) is 6.76. The summed E-state index contributed by atoms with van der Waals surface area (Å²) in [6, 6.07) is 7.04. The second kappa shape index (κ2) is 5.62. The highest BCUT2D eigenvalue weighted by Gasteiger charge is 2.07. The van der Waals surface area contributed by atoms with E-state index in [4.69, 9.17) is 14.6 Å². The Kier molecular flexibility index (Phi) is 4.43. The number of aromatic hydroxyl groups is 1. The van der Waals surface area contributed by atoms with Gasteiger partial charge in [-0.2, -0.15) is 0 Å². The van der Waals surface area contributed by atoms with Gasteiger partial charge in [0, 0.05) is 20.1 Å². The maximum atomic E-state index is 9.09. The maximum absolute atomic E-state index is 9.09. The van der Waals surface area contributed by atoms with Crippen LogP contribution in [0.5, 0.6) is 5.75 Å². The topological polar surface area (TPSA) is 38.7 Å². The lowest BCUT2D eigenvalue weighted by Gasteiger charge is -2.14. The molecule has 0 amide bonds. The minimum Gasteiger partial charge on any atom is -0.508 e. The molecule has 1 aromatic carbocycles. The lowest BCUT2D eigenvalue weighted by atomic mass is 10.1. The van der Waals surface area contributed by atoms with Crippen molar-refractivity contribution in [3.05, 3.63) is 29.8 Å². The number of hydrogen-bond acceptors (Lipinski definition) is 3. The summed E-state index contributed by atoms with van der Waals surface area (Å²) < 4.78 is 10.5. The molecule has 0 bridgehead atoms. The van der Waals surface area contributed by atoms with Crippen LogP contribution in [-0.4, -0.2) is 25.1 Å². The van der Waals surface area contributed by atoms with E-state index in [1.54, 1.807) is 19.2 Å². The summed E-state index contributed by atoms with van der Waals surface area (Å²) in [5, 5.41) is 9.09. The summed E-state index contributed by atoms with van der Waals surface area (Å²) in [6.07, 6.45) is 0.495. The van der Waals surface area contributed by atoms with Gasteiger partial charge >= 0.3 is 0 Å². The Balaban J connectivity index is 2.53. The van der Waals surface area contributed by atoms with Crippen molar-refractivity contribution >= 4 is 0 Å². The van der Waals surface area contributed by atoms with Crippen molar-refractivity contribution in [3.63, 3.8) is 0 Å². The number of hydrogen-bond donors (Lipinski definition) is 1. The Bertz CT molecular complexity index is 256. The van der Waals surface area contributed by atoms with Gasteiger partial charge in [0.05, 0.1) is 0 Å². The van der Waals surface area contributed by atoms with Crippen LogP contribution in [-0.2, 0) is 15.9 Å². The van der Waals surface area contributed by atoms with E-state index in [1.807, 2.05) is 19.1 Å². The van der Waals surface area contributed by atoms with E-state index >= 15 is 0 Å². The molecule has 1 aromatic rings. The van der Waals surface area contributed by atoms with Gasteiger partial charge in [-0.1, -0.05) is 12.1 Å². The van der Waals surface area contributed by atoms with Crippen molar-refractivity contribution < 1.29 is 14.6 Å². The Morgan fingerprint density at radius 2 is 1.93 bits per heavy atom. The molecule has 3 heteroatoms. The highest BCUT2D eigenvalue weighted by Crippen LogP contribution is 2.12. The molecule has 0 aliphatic rings. The summed E-state index contributed by atoms with van der Waals surface area (Å²) in [4.78, 5) is 0. The third kappa shape index (κ3) is 3.36. The van der Waals surface area contributed by atoms with E-state index in [0.29, 0.717) is 13.0 Å². The van der Waals surface area contributed by atoms with Crippen LogP contribution in [0.4, 0.5) is 0 Å². The zero-order valence-corrected chi connectivity index (χ0v) is 8.56. The molecule has 0 aliphatic heterocycles. The maximum Gasteiger partial charge on any atom is 0.161 e. The largest absolute Gasteiger partial charge is 0.508 e. The van der Waals surface area contributed by atoms with Gasteiger partial charge in [0.1, 0.15) is 5.75 Å². The van der Waals surface area contributed by atoms with Gasteiger partial charge in [-0.25, -0.2) is 0 Å². The summed E-state index contributed by atoms with van der Waals surface area (Å²) in [6.45, 7) is 2.57. The number of ether oxygens (including phenoxy) is 2. The zero-order valence-electron chi connectivity index (χ0n) is 8.56. The van der Waals surface area contributed by atoms with E-state index in [-0.39, 0.29) is 12.0 Å². The molecule has 14 heavy (non-hydrogen) atoms. The van der Waals surface area contributed by atoms with Crippen molar-refractivity contribution in [1.82, 2.24) is 0 Å². The SMILES string of the molecule is CCOC(Cc1ccc(O)cc1)OC. The summed E-state index contributed by atoms with van der Waals surface area (Å²) in [5.41, 5.74) is 1.09. The molecule has 1 atom stereocenters. The summed E-state index contributed by atoms with van der Waals surface area (Å²) in [7, 11) is 1.63. The normalized spacial score (nSPS) is 12.7. The van der Waals surface area contributed by atoms with Crippen molar-refractivity contribution in [2.45, 2.75) is 19.6 Å². The minimum atomic E-state index is -0.204. The standard InChI is InChI=1S/C11H16O3/c1-3-14-11(13-2)8-9-4-6-10(12)7-5-9/h4-7,11-12H,3,8H2,1-2H3. The van der Waals surface area contributed by atoms with Gasteiger partial charge in [0.25, 0.3) is 0 Å². The quantitative estimate of drug-likeness (QED) is 0.731. The minimum absolute atomic E-state index is 0.204. The number of benzene rings is 1. The van der Waals surface area contributed by atoms with Crippen LogP contribution in [0.15, 0.2) is 24.3 Å². The average molecular weight is 196 g/mol. The first kappa shape index (κ1) is 11.0. The Morgan fingerprint density at radius 1 is 1.29 bits per heavy atom. The van der Waals surface area contributed by atoms with E-state index in [2.05, 4.69) is 0 Å². The number of phenolic OH excluding ortho intramolecular Hbond substituents is 1. The molecule has 0 fully saturated rings. The molecular weight excluding hydrogens is 180 g/mol. The fourth-order valence-electron chi connectivity index (χ4n) is 1.22. The van der Waals surface area contributed by atoms with Crippen molar-refractivity contribution in [1.29, 1.82) is 0 Å². The molecule has 0 spiro atoms. The molecule has 1 unspecified atom stereocenters. The van der Waals surface area contributed by atoms with Gasteiger partial charge < -0.3 is 14.6 Å². The number of phenols is 1. The van der Waals surface area contributed by atoms with E-state index < -0.39 is 0 Å². The predicted molar refractivity (Wildman–Crippen MR) is 54.2 cm³/mol. The van der Waals surface area contributed by atoms with Crippen LogP contribution in [0.1, 0.15) is 12.5 Å². The van der Waals surface area contributed by atoms with E-state index in [0.717, 1.165) is 5.56 Å². The van der Waals surface area contributed by atoms with Gasteiger partial charge in [-0.15, -0.1) is 0 Å². The third-order valence-electron chi connectivity index (χ3n) is 1.95. The fraction of sp³-hybridized carbons (Fsp3) is 0.455. The Hall–Kier alpha value is -1.06. The Morgan fingerprint density at radius 3 is 2.43 bits per heavy atom. The van der Waals surface area contributed by atoms with Gasteiger partial charge in [-0.3, -0.25) is 0 Å². The summed E-state index contributed by atoms with van der Waals surface area (Å²) >= 11 is 0. The van der Waals surface area contributed by atoms with Crippen molar-refractivity contribution in [3.8, 4) is 5.75 Å². The molecule has 0 aromatic heterocycles. The lowest BCUT2D eigenvalue weighted by Crippen LogP contribution is -2.18. The molecule has 1 N–H and O–H groups in total. The molecule has 78 valence electrons. The highest BCUT2D eigenvalue weighted by molar-refractivity contribution is 5.26. The lowest BCUT2D eigenvalue weighted by molar-refractivity contribution is -0.118. The third-order valence-corrected chi connectivity index (χ3v) is 1.95. The second-order valence-corrected chi connectivity index (χ2v) is 2.99. The van der Waals surface area contributed by atoms with Crippen molar-refractivity contribution in [2.75, 3.05) is 13.7 Å². The number of rotatable bonds is 5. The van der Waals surface area contributed by atoms with Gasteiger partial charge in [-0.05, 0) is 24.6 Å². The van der Waals surface area contributed by atoms with Crippen LogP contribution < -0.4 is 0 Å². The zero-order chi connectivity index (χ0) is 10.4. The van der Waals surface area contributed by atoms with Crippen LogP contribution in [0.25, 0.3) is 0 Å². The fourth-order valence-corrected chi connectivity index (χ4v) is 1.22. The average Bonchev–Trinajstić information content (AvgIpc) is 2.20.